The number of nitrogens with zero attached hydrogens (tertiary/aromatic N) is 3. The van der Waals surface area contributed by atoms with Crippen LogP contribution in [0.15, 0.2) is 132 Å². The fourth-order valence-corrected chi connectivity index (χ4v) is 9.63. The number of carbonyl (C=O) groups excluding carboxylic acids is 1. The topological polar surface area (TPSA) is 155 Å². The molecule has 0 spiro atoms. The molecule has 1 fully saturated rings. The van der Waals surface area contributed by atoms with Crippen molar-refractivity contribution in [3.05, 3.63) is 160 Å². The van der Waals surface area contributed by atoms with Crippen LogP contribution in [0.25, 0.3) is 39.1 Å². The van der Waals surface area contributed by atoms with E-state index >= 15 is 0 Å². The van der Waals surface area contributed by atoms with E-state index in [0.717, 1.165) is 76.5 Å². The number of aromatic nitrogens is 4. The molecule has 1 saturated carbocycles. The van der Waals surface area contributed by atoms with E-state index in [0.29, 0.717) is 36.9 Å². The maximum atomic E-state index is 13.4. The molecule has 2 heterocycles. The summed E-state index contributed by atoms with van der Waals surface area (Å²) >= 11 is 0. The minimum Gasteiger partial charge on any atom is -0.506 e. The van der Waals surface area contributed by atoms with Crippen molar-refractivity contribution in [2.45, 2.75) is 102 Å². The largest absolute Gasteiger partial charge is 0.506 e. The number of hydrogen-bond acceptors (Lipinski definition) is 9. The zero-order valence-electron chi connectivity index (χ0n) is 38.5. The van der Waals surface area contributed by atoms with Crippen molar-refractivity contribution in [1.29, 1.82) is 0 Å². The van der Waals surface area contributed by atoms with Crippen molar-refractivity contribution in [3.8, 4) is 16.9 Å². The zero-order valence-corrected chi connectivity index (χ0v) is 39.5. The van der Waals surface area contributed by atoms with Gasteiger partial charge in [-0.15, -0.1) is 5.10 Å². The number of anilines is 1. The molecule has 12 nitrogen and oxygen atoms in total. The summed E-state index contributed by atoms with van der Waals surface area (Å²) in [6.07, 6.45) is 6.74. The van der Waals surface area contributed by atoms with E-state index in [9.17, 15) is 14.7 Å². The predicted octanol–water partition coefficient (Wildman–Crippen LogP) is 10.9. The second-order valence-electron chi connectivity index (χ2n) is 18.8. The highest BCUT2D eigenvalue weighted by atomic mass is 28.4. The lowest BCUT2D eigenvalue weighted by molar-refractivity contribution is 0.0790. The Morgan fingerprint density at radius 2 is 1.65 bits per heavy atom. The van der Waals surface area contributed by atoms with Gasteiger partial charge in [0.1, 0.15) is 17.4 Å². The first-order chi connectivity index (χ1) is 31.8. The van der Waals surface area contributed by atoms with Gasteiger partial charge in [-0.05, 0) is 102 Å². The molecular formula is C53H61N7O5Si. The van der Waals surface area contributed by atoms with Gasteiger partial charge in [0.25, 0.3) is 0 Å². The third kappa shape index (κ3) is 11.3. The summed E-state index contributed by atoms with van der Waals surface area (Å²) in [4.78, 5) is 28.3. The lowest BCUT2D eigenvalue weighted by Crippen LogP contribution is -2.43. The second kappa shape index (κ2) is 20.4. The highest BCUT2D eigenvalue weighted by molar-refractivity contribution is 6.74. The number of phenolic OH excluding ortho intramolecular Hbond substituents is 1. The van der Waals surface area contributed by atoms with Crippen LogP contribution in [0.3, 0.4) is 0 Å². The molecule has 0 saturated heterocycles. The number of benzene rings is 5. The number of nitrogens with one attached hydrogen (secondary N) is 4. The van der Waals surface area contributed by atoms with E-state index in [2.05, 4.69) is 95.4 Å². The molecule has 5 aromatic carbocycles. The van der Waals surface area contributed by atoms with Crippen LogP contribution >= 0.6 is 0 Å². The summed E-state index contributed by atoms with van der Waals surface area (Å²) in [5.41, 5.74) is 8.59. The Labute approximate surface area is 387 Å². The normalized spacial score (nSPS) is 16.2. The molecule has 2 aromatic heterocycles. The molecule has 66 heavy (non-hydrogen) atoms. The summed E-state index contributed by atoms with van der Waals surface area (Å²) in [6, 6.07) is 39.8. The molecule has 1 aliphatic rings. The average Bonchev–Trinajstić information content (AvgIpc) is 3.71. The third-order valence-corrected chi connectivity index (χ3v) is 17.6. The van der Waals surface area contributed by atoms with Crippen LogP contribution in [0.4, 0.5) is 10.5 Å². The summed E-state index contributed by atoms with van der Waals surface area (Å²) in [6.45, 7) is 13.5. The molecule has 0 aliphatic heterocycles. The molecule has 1 atom stereocenters. The first kappa shape index (κ1) is 46.2. The predicted molar refractivity (Wildman–Crippen MR) is 267 cm³/mol. The zero-order chi connectivity index (χ0) is 46.3. The number of hydrogen-bond donors (Lipinski definition) is 5. The van der Waals surface area contributed by atoms with Gasteiger partial charge in [-0.1, -0.05) is 123 Å². The van der Waals surface area contributed by atoms with E-state index in [1.54, 1.807) is 12.1 Å². The van der Waals surface area contributed by atoms with E-state index in [1.807, 2.05) is 89.6 Å². The number of aromatic hydroxyl groups is 1. The molecule has 0 radical (unpaired) electrons. The number of phenols is 1. The number of H-pyrrole nitrogens is 1. The molecule has 0 bridgehead atoms. The number of rotatable bonds is 16. The molecule has 8 rings (SSSR count). The minimum absolute atomic E-state index is 0.0251. The quantitative estimate of drug-likeness (QED) is 0.0596. The van der Waals surface area contributed by atoms with Crippen molar-refractivity contribution in [2.75, 3.05) is 11.9 Å². The van der Waals surface area contributed by atoms with Crippen LogP contribution in [-0.2, 0) is 28.8 Å². The maximum absolute atomic E-state index is 13.4. The van der Waals surface area contributed by atoms with Gasteiger partial charge in [0.05, 0.1) is 29.4 Å². The van der Waals surface area contributed by atoms with E-state index in [1.165, 1.54) is 11.6 Å². The second-order valence-corrected chi connectivity index (χ2v) is 23.6. The van der Waals surface area contributed by atoms with Crippen LogP contribution in [0, 0.1) is 0 Å². The maximum Gasteiger partial charge on any atom is 0.411 e. The number of amides is 1. The third-order valence-electron chi connectivity index (χ3n) is 13.1. The van der Waals surface area contributed by atoms with Crippen molar-refractivity contribution in [3.63, 3.8) is 0 Å². The number of aromatic amines is 1. The van der Waals surface area contributed by atoms with E-state index in [-0.39, 0.29) is 28.6 Å². The van der Waals surface area contributed by atoms with Gasteiger partial charge in [0.2, 0.25) is 5.56 Å². The molecule has 13 heteroatoms. The molecular weight excluding hydrogens is 843 g/mol. The van der Waals surface area contributed by atoms with E-state index in [4.69, 9.17) is 9.16 Å². The van der Waals surface area contributed by atoms with Gasteiger partial charge in [-0.25, -0.2) is 9.48 Å². The van der Waals surface area contributed by atoms with Gasteiger partial charge in [0.15, 0.2) is 8.32 Å². The summed E-state index contributed by atoms with van der Waals surface area (Å²) < 4.78 is 14.8. The Kier molecular flexibility index (Phi) is 14.3. The van der Waals surface area contributed by atoms with Crippen molar-refractivity contribution in [1.82, 2.24) is 30.6 Å². The summed E-state index contributed by atoms with van der Waals surface area (Å²) in [5.74, 6) is 0.0251. The summed E-state index contributed by atoms with van der Waals surface area (Å²) in [7, 11) is -2.23. The molecule has 342 valence electrons. The van der Waals surface area contributed by atoms with Gasteiger partial charge in [-0.2, -0.15) is 0 Å². The van der Waals surface area contributed by atoms with Gasteiger partial charge in [0, 0.05) is 42.7 Å². The summed E-state index contributed by atoms with van der Waals surface area (Å²) in [5, 5.41) is 30.6. The Morgan fingerprint density at radius 3 is 2.41 bits per heavy atom. The van der Waals surface area contributed by atoms with Crippen LogP contribution < -0.4 is 21.5 Å². The number of ether oxygens (including phenoxy) is 1. The fourth-order valence-electron chi connectivity index (χ4n) is 8.36. The minimum atomic E-state index is -2.23. The fraction of sp³-hybridized carbons (Fsp3) is 0.321. The van der Waals surface area contributed by atoms with Crippen LogP contribution in [-0.4, -0.2) is 58.2 Å². The average molecular weight is 904 g/mol. The number of carbonyl (C=O) groups is 1. The first-order valence-electron chi connectivity index (χ1n) is 23.0. The van der Waals surface area contributed by atoms with Crippen molar-refractivity contribution < 1.29 is 19.1 Å². The smallest absolute Gasteiger partial charge is 0.411 e. The van der Waals surface area contributed by atoms with Crippen molar-refractivity contribution >= 4 is 48.1 Å². The number of allylic oxidation sites excluding steroid dienone is 1. The Balaban J connectivity index is 0.898. The van der Waals surface area contributed by atoms with Crippen LogP contribution in [0.2, 0.25) is 18.1 Å². The highest BCUT2D eigenvalue weighted by Gasteiger charge is 2.40. The van der Waals surface area contributed by atoms with Gasteiger partial charge >= 0.3 is 6.09 Å². The first-order valence-corrected chi connectivity index (χ1v) is 25.9. The van der Waals surface area contributed by atoms with E-state index < -0.39 is 14.4 Å². The number of pyridine rings is 1. The van der Waals surface area contributed by atoms with Crippen LogP contribution in [0.5, 0.6) is 5.75 Å². The van der Waals surface area contributed by atoms with Crippen molar-refractivity contribution in [2.24, 2.45) is 0 Å². The lowest BCUT2D eigenvalue weighted by Gasteiger charge is -2.39. The standard InChI is InChI=1S/C53H61N7O5Si/c1-53(2,3)66(4,5)65-49(43-25-28-48(61)51-44(43)26-29-50(62)57-51)35-54-33-38-19-27-47-46(32-38)58-59-60(47)30-12-15-36-18-24-42(39-16-10-7-11-17-39)45(31-36)56-52(63)64-41-22-20-40(21-23-41)55-34-37-13-8-6-9-14-37/h6-19,24-29,31-32,40-41,49,54-55,61H,20-23,30,33-35H2,1-5H3,(H,56,63)(H,57,62)/t40-,41-,49-/m0/s1. The molecule has 5 N–H and O–H groups in total. The SMILES string of the molecule is CC(C)(C)[Si](C)(C)O[C@@H](CNCc1ccc2c(c1)nnn2CC=Cc1ccc(-c2ccccc2)c(NC(=O)O[C@H]2CC[C@H](NCc3ccccc3)CC2)c1)c1ccc(O)c2[nH]c(=O)ccc12. The molecule has 1 amide bonds. The monoisotopic (exact) mass is 903 g/mol. The van der Waals surface area contributed by atoms with Crippen LogP contribution in [0.1, 0.15) is 74.8 Å². The van der Waals surface area contributed by atoms with Gasteiger partial charge < -0.3 is 29.9 Å². The lowest BCUT2D eigenvalue weighted by atomic mass is 9.93. The number of fused-ring (bicyclic) bond motifs is 2. The Bertz CT molecular complexity index is 2850. The van der Waals surface area contributed by atoms with Gasteiger partial charge in [-0.3, -0.25) is 10.1 Å². The molecule has 7 aromatic rings. The molecule has 0 unspecified atom stereocenters. The highest BCUT2D eigenvalue weighted by Crippen LogP contribution is 2.41. The Hall–Kier alpha value is -6.38. The Morgan fingerprint density at radius 1 is 0.894 bits per heavy atom. The molecule has 1 aliphatic carbocycles.